The smallest absolute Gasteiger partial charge is 0.320 e. The monoisotopic (exact) mass is 292 g/mol. The van der Waals surface area contributed by atoms with Crippen LogP contribution >= 0.6 is 0 Å². The van der Waals surface area contributed by atoms with Crippen molar-refractivity contribution in [2.45, 2.75) is 19.4 Å². The zero-order valence-electron chi connectivity index (χ0n) is 12.0. The number of rotatable bonds is 4. The van der Waals surface area contributed by atoms with Gasteiger partial charge in [0.15, 0.2) is 0 Å². The molecule has 2 rings (SSSR count). The van der Waals surface area contributed by atoms with Crippen LogP contribution < -0.4 is 0 Å². The van der Waals surface area contributed by atoms with Crippen LogP contribution in [0.1, 0.15) is 12.5 Å². The number of benzene rings is 1. The molecule has 1 fully saturated rings. The number of nitrogens with zero attached hydrogens (tertiary/aromatic N) is 2. The van der Waals surface area contributed by atoms with Gasteiger partial charge in [0.05, 0.1) is 6.42 Å². The molecule has 1 amide bonds. The number of phenols is 1. The van der Waals surface area contributed by atoms with Gasteiger partial charge < -0.3 is 15.1 Å². The van der Waals surface area contributed by atoms with Crippen LogP contribution in [-0.2, 0) is 16.0 Å². The molecule has 0 aromatic heterocycles. The quantitative estimate of drug-likeness (QED) is 0.847. The van der Waals surface area contributed by atoms with E-state index in [-0.39, 0.29) is 18.1 Å². The second-order valence-electron chi connectivity index (χ2n) is 5.24. The minimum Gasteiger partial charge on any atom is -0.508 e. The third kappa shape index (κ3) is 3.72. The third-order valence-electron chi connectivity index (χ3n) is 3.91. The number of para-hydroxylation sites is 1. The minimum absolute atomic E-state index is 0.0425. The van der Waals surface area contributed by atoms with Crippen LogP contribution in [0.15, 0.2) is 24.3 Å². The highest BCUT2D eigenvalue weighted by Crippen LogP contribution is 2.17. The predicted molar refractivity (Wildman–Crippen MR) is 77.1 cm³/mol. The molecule has 6 nitrogen and oxygen atoms in total. The SMILES string of the molecule is CC(C(=O)O)N1CCN(C(=O)Cc2ccccc2O)CC1. The third-order valence-corrected chi connectivity index (χ3v) is 3.91. The summed E-state index contributed by atoms with van der Waals surface area (Å²) in [6.07, 6.45) is 0.168. The van der Waals surface area contributed by atoms with E-state index in [1.165, 1.54) is 0 Å². The number of hydrogen-bond donors (Lipinski definition) is 2. The first-order valence-corrected chi connectivity index (χ1v) is 7.00. The van der Waals surface area contributed by atoms with Gasteiger partial charge in [0.1, 0.15) is 11.8 Å². The molecule has 114 valence electrons. The zero-order chi connectivity index (χ0) is 15.4. The maximum atomic E-state index is 12.2. The highest BCUT2D eigenvalue weighted by atomic mass is 16.4. The summed E-state index contributed by atoms with van der Waals surface area (Å²) in [6, 6.07) is 6.27. The summed E-state index contributed by atoms with van der Waals surface area (Å²) in [5.74, 6) is -0.757. The lowest BCUT2D eigenvalue weighted by molar-refractivity contribution is -0.144. The highest BCUT2D eigenvalue weighted by molar-refractivity contribution is 5.79. The predicted octanol–water partition coefficient (Wildman–Crippen LogP) is 0.552. The minimum atomic E-state index is -0.844. The number of phenolic OH excluding ortho intramolecular Hbond substituents is 1. The van der Waals surface area contributed by atoms with Gasteiger partial charge in [0.2, 0.25) is 5.91 Å². The molecule has 1 unspecified atom stereocenters. The number of piperazine rings is 1. The normalized spacial score (nSPS) is 17.5. The Morgan fingerprint density at radius 2 is 1.81 bits per heavy atom. The van der Waals surface area contributed by atoms with Gasteiger partial charge in [0.25, 0.3) is 0 Å². The van der Waals surface area contributed by atoms with Crippen molar-refractivity contribution in [1.82, 2.24) is 9.80 Å². The molecule has 0 radical (unpaired) electrons. The lowest BCUT2D eigenvalue weighted by Gasteiger charge is -2.36. The molecular weight excluding hydrogens is 272 g/mol. The molecule has 1 aliphatic rings. The largest absolute Gasteiger partial charge is 0.508 e. The molecule has 0 bridgehead atoms. The van der Waals surface area contributed by atoms with E-state index in [2.05, 4.69) is 0 Å². The summed E-state index contributed by atoms with van der Waals surface area (Å²) in [6.45, 7) is 3.80. The van der Waals surface area contributed by atoms with Gasteiger partial charge in [-0.3, -0.25) is 14.5 Å². The van der Waals surface area contributed by atoms with Gasteiger partial charge in [0, 0.05) is 31.7 Å². The second kappa shape index (κ2) is 6.58. The molecule has 2 N–H and O–H groups in total. The van der Waals surface area contributed by atoms with Gasteiger partial charge in [-0.1, -0.05) is 18.2 Å². The molecule has 1 saturated heterocycles. The Bertz CT molecular complexity index is 524. The van der Waals surface area contributed by atoms with Crippen LogP contribution in [0.5, 0.6) is 5.75 Å². The fourth-order valence-electron chi connectivity index (χ4n) is 2.45. The van der Waals surface area contributed by atoms with E-state index in [1.54, 1.807) is 36.1 Å². The number of hydrogen-bond acceptors (Lipinski definition) is 4. The van der Waals surface area contributed by atoms with E-state index in [0.29, 0.717) is 31.7 Å². The van der Waals surface area contributed by atoms with E-state index < -0.39 is 12.0 Å². The maximum Gasteiger partial charge on any atom is 0.320 e. The standard InChI is InChI=1S/C15H20N2O4/c1-11(15(20)21)16-6-8-17(9-7-16)14(19)10-12-4-2-3-5-13(12)18/h2-5,11,18H,6-10H2,1H3,(H,20,21). The molecule has 6 heteroatoms. The van der Waals surface area contributed by atoms with Gasteiger partial charge in [-0.15, -0.1) is 0 Å². The molecule has 1 aliphatic heterocycles. The molecule has 1 aromatic rings. The Morgan fingerprint density at radius 3 is 2.38 bits per heavy atom. The fraction of sp³-hybridized carbons (Fsp3) is 0.467. The number of carboxylic acid groups (broad SMARTS) is 1. The van der Waals surface area contributed by atoms with Crippen LogP contribution in [0, 0.1) is 0 Å². The lowest BCUT2D eigenvalue weighted by Crippen LogP contribution is -2.53. The number of aromatic hydroxyl groups is 1. The Labute approximate surface area is 123 Å². The Hall–Kier alpha value is -2.08. The Morgan fingerprint density at radius 1 is 1.19 bits per heavy atom. The van der Waals surface area contributed by atoms with E-state index in [4.69, 9.17) is 5.11 Å². The van der Waals surface area contributed by atoms with Crippen LogP contribution in [0.25, 0.3) is 0 Å². The number of amides is 1. The molecule has 1 aromatic carbocycles. The molecule has 0 aliphatic carbocycles. The first-order chi connectivity index (χ1) is 9.99. The number of carboxylic acids is 1. The van der Waals surface area contributed by atoms with Gasteiger partial charge in [-0.2, -0.15) is 0 Å². The van der Waals surface area contributed by atoms with Crippen LogP contribution in [-0.4, -0.2) is 64.1 Å². The van der Waals surface area contributed by atoms with E-state index >= 15 is 0 Å². The zero-order valence-corrected chi connectivity index (χ0v) is 12.0. The van der Waals surface area contributed by atoms with Crippen molar-refractivity contribution in [2.24, 2.45) is 0 Å². The van der Waals surface area contributed by atoms with E-state index in [9.17, 15) is 14.7 Å². The number of carbonyl (C=O) groups excluding carboxylic acids is 1. The summed E-state index contributed by atoms with van der Waals surface area (Å²) >= 11 is 0. The van der Waals surface area contributed by atoms with Crippen molar-refractivity contribution < 1.29 is 19.8 Å². The summed E-state index contributed by atoms with van der Waals surface area (Å²) in [4.78, 5) is 26.7. The lowest BCUT2D eigenvalue weighted by atomic mass is 10.1. The topological polar surface area (TPSA) is 81.1 Å². The Kier molecular flexibility index (Phi) is 4.80. The van der Waals surface area contributed by atoms with Gasteiger partial charge in [-0.25, -0.2) is 0 Å². The number of aliphatic carboxylic acids is 1. The molecule has 0 saturated carbocycles. The average molecular weight is 292 g/mol. The first-order valence-electron chi connectivity index (χ1n) is 7.00. The van der Waals surface area contributed by atoms with Crippen molar-refractivity contribution in [3.8, 4) is 5.75 Å². The van der Waals surface area contributed by atoms with Crippen LogP contribution in [0.3, 0.4) is 0 Å². The fourth-order valence-corrected chi connectivity index (χ4v) is 2.45. The average Bonchev–Trinajstić information content (AvgIpc) is 2.49. The molecule has 21 heavy (non-hydrogen) atoms. The van der Waals surface area contributed by atoms with Gasteiger partial charge >= 0.3 is 5.97 Å². The Balaban J connectivity index is 1.89. The maximum absolute atomic E-state index is 12.2. The van der Waals surface area contributed by atoms with E-state index in [0.717, 1.165) is 0 Å². The van der Waals surface area contributed by atoms with Crippen molar-refractivity contribution in [1.29, 1.82) is 0 Å². The molecule has 0 spiro atoms. The van der Waals surface area contributed by atoms with Crippen LogP contribution in [0.4, 0.5) is 0 Å². The van der Waals surface area contributed by atoms with Crippen LogP contribution in [0.2, 0.25) is 0 Å². The first kappa shape index (κ1) is 15.3. The summed E-state index contributed by atoms with van der Waals surface area (Å²) in [5.41, 5.74) is 0.615. The van der Waals surface area contributed by atoms with E-state index in [1.807, 2.05) is 4.90 Å². The highest BCUT2D eigenvalue weighted by Gasteiger charge is 2.27. The van der Waals surface area contributed by atoms with Crippen molar-refractivity contribution >= 4 is 11.9 Å². The summed E-state index contributed by atoms with van der Waals surface area (Å²) in [5, 5.41) is 18.7. The molecule has 1 atom stereocenters. The number of carbonyl (C=O) groups is 2. The van der Waals surface area contributed by atoms with Crippen molar-refractivity contribution in [3.05, 3.63) is 29.8 Å². The second-order valence-corrected chi connectivity index (χ2v) is 5.24. The molecular formula is C15H20N2O4. The van der Waals surface area contributed by atoms with Gasteiger partial charge in [-0.05, 0) is 13.0 Å². The summed E-state index contributed by atoms with van der Waals surface area (Å²) < 4.78 is 0. The van der Waals surface area contributed by atoms with Crippen molar-refractivity contribution in [2.75, 3.05) is 26.2 Å². The summed E-state index contributed by atoms with van der Waals surface area (Å²) in [7, 11) is 0. The van der Waals surface area contributed by atoms with Crippen molar-refractivity contribution in [3.63, 3.8) is 0 Å². The molecule has 1 heterocycles.